The molecule has 0 radical (unpaired) electrons. The van der Waals surface area contributed by atoms with Crippen molar-refractivity contribution in [2.24, 2.45) is 0 Å². The lowest BCUT2D eigenvalue weighted by molar-refractivity contribution is 0.336. The molecular weight excluding hydrogens is 303 g/mol. The maximum Gasteiger partial charge on any atom is 0.204 e. The molecule has 3 nitrogen and oxygen atoms in total. The Balaban J connectivity index is 1.94. The van der Waals surface area contributed by atoms with E-state index in [2.05, 4.69) is 28.4 Å². The molecule has 0 saturated carbocycles. The van der Waals surface area contributed by atoms with Gasteiger partial charge in [0.2, 0.25) is 5.82 Å². The van der Waals surface area contributed by atoms with Crippen LogP contribution in [0.1, 0.15) is 32.0 Å². The smallest absolute Gasteiger partial charge is 0.204 e. The summed E-state index contributed by atoms with van der Waals surface area (Å²) < 4.78 is 18.1. The van der Waals surface area contributed by atoms with Gasteiger partial charge in [0.15, 0.2) is 0 Å². The highest BCUT2D eigenvalue weighted by Crippen LogP contribution is 2.21. The first-order valence-corrected chi connectivity index (χ1v) is 7.98. The molecule has 0 fully saturated rings. The molecule has 0 aliphatic carbocycles. The van der Waals surface area contributed by atoms with Crippen molar-refractivity contribution in [2.45, 2.75) is 32.4 Å². The minimum Gasteiger partial charge on any atom is -0.490 e. The predicted octanol–water partition coefficient (Wildman–Crippen LogP) is 4.59. The van der Waals surface area contributed by atoms with Crippen molar-refractivity contribution in [3.8, 4) is 28.7 Å². The van der Waals surface area contributed by atoms with Crippen LogP contribution in [0.2, 0.25) is 0 Å². The Morgan fingerprint density at radius 2 is 1.92 bits per heavy atom. The molecule has 0 bridgehead atoms. The molecular formula is C20H21FN2O. The lowest BCUT2D eigenvalue weighted by Gasteiger charge is -2.05. The van der Waals surface area contributed by atoms with Crippen molar-refractivity contribution in [3.05, 3.63) is 55.1 Å². The van der Waals surface area contributed by atoms with Crippen LogP contribution in [0.5, 0.6) is 5.75 Å². The molecule has 0 N–H and O–H groups in total. The Morgan fingerprint density at radius 3 is 2.54 bits per heavy atom. The molecule has 0 saturated heterocycles. The van der Waals surface area contributed by atoms with E-state index in [9.17, 15) is 4.39 Å². The van der Waals surface area contributed by atoms with E-state index in [0.717, 1.165) is 23.3 Å². The van der Waals surface area contributed by atoms with Crippen LogP contribution in [0.4, 0.5) is 4.39 Å². The molecule has 24 heavy (non-hydrogen) atoms. The molecule has 1 aromatic carbocycles. The van der Waals surface area contributed by atoms with E-state index in [1.165, 1.54) is 0 Å². The summed E-state index contributed by atoms with van der Waals surface area (Å²) >= 11 is 0. The van der Waals surface area contributed by atoms with Gasteiger partial charge in [0.25, 0.3) is 0 Å². The SMILES string of the molecule is C=CCOc1ccc(-c2cnc(C#CCCCC(C)F)nc2)cc1. The van der Waals surface area contributed by atoms with Crippen LogP contribution in [-0.2, 0) is 0 Å². The molecule has 2 rings (SSSR count). The van der Waals surface area contributed by atoms with Gasteiger partial charge in [0.1, 0.15) is 12.4 Å². The van der Waals surface area contributed by atoms with Crippen LogP contribution in [0.3, 0.4) is 0 Å². The second-order valence-electron chi connectivity index (χ2n) is 5.39. The Labute approximate surface area is 142 Å². The number of alkyl halides is 1. The summed E-state index contributed by atoms with van der Waals surface area (Å²) in [4.78, 5) is 8.51. The fourth-order valence-corrected chi connectivity index (χ4v) is 2.05. The zero-order valence-corrected chi connectivity index (χ0v) is 13.8. The quantitative estimate of drug-likeness (QED) is 0.424. The number of halogens is 1. The van der Waals surface area contributed by atoms with Crippen LogP contribution in [0, 0.1) is 11.8 Å². The Bertz CT molecular complexity index is 697. The van der Waals surface area contributed by atoms with Gasteiger partial charge in [-0.05, 0) is 43.4 Å². The predicted molar refractivity (Wildman–Crippen MR) is 94.5 cm³/mol. The monoisotopic (exact) mass is 324 g/mol. The van der Waals surface area contributed by atoms with E-state index in [1.807, 2.05) is 24.3 Å². The normalized spacial score (nSPS) is 11.2. The molecule has 1 aromatic heterocycles. The van der Waals surface area contributed by atoms with Crippen LogP contribution in [0.25, 0.3) is 11.1 Å². The Kier molecular flexibility index (Phi) is 6.97. The Morgan fingerprint density at radius 1 is 1.21 bits per heavy atom. The van der Waals surface area contributed by atoms with Crippen LogP contribution in [0.15, 0.2) is 49.3 Å². The third-order valence-electron chi connectivity index (χ3n) is 3.31. The van der Waals surface area contributed by atoms with Crippen molar-refractivity contribution in [1.29, 1.82) is 0 Å². The van der Waals surface area contributed by atoms with Gasteiger partial charge in [0.05, 0.1) is 6.17 Å². The summed E-state index contributed by atoms with van der Waals surface area (Å²) in [5.41, 5.74) is 1.93. The summed E-state index contributed by atoms with van der Waals surface area (Å²) in [5.74, 6) is 7.16. The van der Waals surface area contributed by atoms with E-state index in [1.54, 1.807) is 25.4 Å². The highest BCUT2D eigenvalue weighted by molar-refractivity contribution is 5.62. The summed E-state index contributed by atoms with van der Waals surface area (Å²) in [6.45, 7) is 5.67. The van der Waals surface area contributed by atoms with Crippen LogP contribution < -0.4 is 4.74 Å². The maximum atomic E-state index is 12.7. The van der Waals surface area contributed by atoms with Gasteiger partial charge in [-0.25, -0.2) is 14.4 Å². The van der Waals surface area contributed by atoms with E-state index >= 15 is 0 Å². The highest BCUT2D eigenvalue weighted by Gasteiger charge is 2.00. The number of hydrogen-bond donors (Lipinski definition) is 0. The van der Waals surface area contributed by atoms with Crippen LogP contribution >= 0.6 is 0 Å². The minimum absolute atomic E-state index is 0.484. The van der Waals surface area contributed by atoms with Crippen molar-refractivity contribution >= 4 is 0 Å². The molecule has 1 heterocycles. The number of hydrogen-bond acceptors (Lipinski definition) is 3. The van der Waals surface area contributed by atoms with E-state index in [0.29, 0.717) is 25.3 Å². The highest BCUT2D eigenvalue weighted by atomic mass is 19.1. The fourth-order valence-electron chi connectivity index (χ4n) is 2.05. The van der Waals surface area contributed by atoms with E-state index in [-0.39, 0.29) is 0 Å². The summed E-state index contributed by atoms with van der Waals surface area (Å²) in [7, 11) is 0. The zero-order valence-electron chi connectivity index (χ0n) is 13.8. The molecule has 1 atom stereocenters. The van der Waals surface area contributed by atoms with Crippen molar-refractivity contribution in [1.82, 2.24) is 9.97 Å². The number of benzene rings is 1. The minimum atomic E-state index is -0.768. The average molecular weight is 324 g/mol. The first-order valence-electron chi connectivity index (χ1n) is 7.98. The fraction of sp³-hybridized carbons (Fsp3) is 0.300. The van der Waals surface area contributed by atoms with Gasteiger partial charge < -0.3 is 4.74 Å². The van der Waals surface area contributed by atoms with E-state index in [4.69, 9.17) is 4.74 Å². The van der Waals surface area contributed by atoms with Crippen molar-refractivity contribution in [2.75, 3.05) is 6.61 Å². The van der Waals surface area contributed by atoms with Gasteiger partial charge in [-0.1, -0.05) is 30.7 Å². The topological polar surface area (TPSA) is 35.0 Å². The lowest BCUT2D eigenvalue weighted by atomic mass is 10.1. The second-order valence-corrected chi connectivity index (χ2v) is 5.39. The maximum absolute atomic E-state index is 12.7. The van der Waals surface area contributed by atoms with Gasteiger partial charge >= 0.3 is 0 Å². The molecule has 1 unspecified atom stereocenters. The number of unbranched alkanes of at least 4 members (excludes halogenated alkanes) is 1. The molecule has 0 spiro atoms. The zero-order chi connectivity index (χ0) is 17.2. The van der Waals surface area contributed by atoms with Gasteiger partial charge in [-0.2, -0.15) is 0 Å². The third kappa shape index (κ3) is 5.85. The van der Waals surface area contributed by atoms with Crippen molar-refractivity contribution < 1.29 is 9.13 Å². The summed E-state index contributed by atoms with van der Waals surface area (Å²) in [5, 5.41) is 0. The van der Waals surface area contributed by atoms with Gasteiger partial charge in [-0.15, -0.1) is 0 Å². The average Bonchev–Trinajstić information content (AvgIpc) is 2.60. The third-order valence-corrected chi connectivity index (χ3v) is 3.31. The molecule has 4 heteroatoms. The Hall–Kier alpha value is -2.67. The summed E-state index contributed by atoms with van der Waals surface area (Å²) in [6, 6.07) is 7.72. The molecule has 2 aromatic rings. The summed E-state index contributed by atoms with van der Waals surface area (Å²) in [6.07, 6.45) is 6.39. The number of rotatable bonds is 7. The number of ether oxygens (including phenoxy) is 1. The lowest BCUT2D eigenvalue weighted by Crippen LogP contribution is -1.93. The molecule has 0 amide bonds. The largest absolute Gasteiger partial charge is 0.490 e. The van der Waals surface area contributed by atoms with Crippen LogP contribution in [-0.4, -0.2) is 22.7 Å². The van der Waals surface area contributed by atoms with Gasteiger partial charge in [0, 0.05) is 24.4 Å². The molecule has 0 aliphatic heterocycles. The first kappa shape index (κ1) is 17.7. The van der Waals surface area contributed by atoms with Gasteiger partial charge in [-0.3, -0.25) is 0 Å². The standard InChI is InChI=1S/C20H21FN2O/c1-3-13-24-19-11-9-17(10-12-19)18-14-22-20(23-15-18)8-6-4-5-7-16(2)21/h3,9-12,14-16H,1,4-5,7,13H2,2H3. The first-order chi connectivity index (χ1) is 11.7. The number of aromatic nitrogens is 2. The molecule has 0 aliphatic rings. The number of nitrogens with zero attached hydrogens (tertiary/aromatic N) is 2. The van der Waals surface area contributed by atoms with E-state index < -0.39 is 6.17 Å². The second kappa shape index (κ2) is 9.46. The molecule has 124 valence electrons. The van der Waals surface area contributed by atoms with Crippen molar-refractivity contribution in [3.63, 3.8) is 0 Å².